The van der Waals surface area contributed by atoms with Crippen molar-refractivity contribution in [3.05, 3.63) is 46.5 Å². The van der Waals surface area contributed by atoms with E-state index >= 15 is 0 Å². The molecule has 2 aromatic rings. The first-order chi connectivity index (χ1) is 15.2. The van der Waals surface area contributed by atoms with Crippen LogP contribution >= 0.6 is 11.6 Å². The van der Waals surface area contributed by atoms with Crippen LogP contribution in [-0.2, 0) is 15.1 Å². The third-order valence-electron chi connectivity index (χ3n) is 6.24. The summed E-state index contributed by atoms with van der Waals surface area (Å²) in [5.41, 5.74) is 1.02. The van der Waals surface area contributed by atoms with Crippen LogP contribution < -0.4 is 25.4 Å². The van der Waals surface area contributed by atoms with E-state index in [1.165, 1.54) is 14.2 Å². The van der Waals surface area contributed by atoms with Gasteiger partial charge in [0.15, 0.2) is 0 Å². The van der Waals surface area contributed by atoms with Crippen LogP contribution in [0.25, 0.3) is 0 Å². The van der Waals surface area contributed by atoms with Gasteiger partial charge in [0.1, 0.15) is 17.0 Å². The van der Waals surface area contributed by atoms with Crippen LogP contribution in [0.15, 0.2) is 30.3 Å². The number of methoxy groups -OCH3 is 2. The highest BCUT2D eigenvalue weighted by atomic mass is 35.5. The van der Waals surface area contributed by atoms with Crippen molar-refractivity contribution in [3.8, 4) is 11.5 Å². The average molecular weight is 460 g/mol. The molecule has 4 N–H and O–H groups in total. The Morgan fingerprint density at radius 2 is 2.03 bits per heavy atom. The van der Waals surface area contributed by atoms with Gasteiger partial charge in [0, 0.05) is 17.7 Å². The van der Waals surface area contributed by atoms with Crippen molar-refractivity contribution in [2.24, 2.45) is 5.92 Å². The maximum atomic E-state index is 13.6. The Balaban J connectivity index is 1.78. The first kappa shape index (κ1) is 22.4. The Labute approximate surface area is 191 Å². The first-order valence-electron chi connectivity index (χ1n) is 10.3. The zero-order valence-corrected chi connectivity index (χ0v) is 19.0. The van der Waals surface area contributed by atoms with E-state index in [4.69, 9.17) is 21.1 Å². The Morgan fingerprint density at radius 1 is 1.28 bits per heavy atom. The summed E-state index contributed by atoms with van der Waals surface area (Å²) in [6.07, 6.45) is -0.512. The number of halogens is 1. The smallest absolute Gasteiger partial charge is 0.250 e. The van der Waals surface area contributed by atoms with E-state index in [1.54, 1.807) is 31.2 Å². The lowest BCUT2D eigenvalue weighted by Crippen LogP contribution is -2.53. The standard InChI is InChI=1S/C23H26ClN3O5/c1-11-7-14-20(16(24)8-11)26-22(30)23(14)15(10-17(27-23)12(2)28)21(29)25-18-9-13(31-3)5-6-19(18)32-4/h5-9,12,15,17,27-28H,10H2,1-4H3,(H,25,29)(H,26,30)/t12?,15-,17-,23+/m1/s1. The first-order valence-corrected chi connectivity index (χ1v) is 10.7. The van der Waals surface area contributed by atoms with Crippen molar-refractivity contribution in [3.63, 3.8) is 0 Å². The average Bonchev–Trinajstić information content (AvgIpc) is 3.29. The molecule has 4 atom stereocenters. The number of benzene rings is 2. The monoisotopic (exact) mass is 459 g/mol. The van der Waals surface area contributed by atoms with Crippen molar-refractivity contribution < 1.29 is 24.2 Å². The predicted molar refractivity (Wildman–Crippen MR) is 121 cm³/mol. The molecular formula is C23H26ClN3O5. The van der Waals surface area contributed by atoms with Gasteiger partial charge in [0.05, 0.1) is 42.6 Å². The topological polar surface area (TPSA) is 109 Å². The number of fused-ring (bicyclic) bond motifs is 2. The third kappa shape index (κ3) is 3.48. The molecule has 2 heterocycles. The van der Waals surface area contributed by atoms with Crippen LogP contribution in [0.4, 0.5) is 11.4 Å². The molecule has 9 heteroatoms. The number of rotatable bonds is 5. The van der Waals surface area contributed by atoms with E-state index in [2.05, 4.69) is 16.0 Å². The number of ether oxygens (including phenoxy) is 2. The summed E-state index contributed by atoms with van der Waals surface area (Å²) in [5, 5.41) is 19.7. The molecule has 1 fully saturated rings. The van der Waals surface area contributed by atoms with Gasteiger partial charge in [-0.25, -0.2) is 0 Å². The summed E-state index contributed by atoms with van der Waals surface area (Å²) in [4.78, 5) is 26.9. The fourth-order valence-electron chi connectivity index (χ4n) is 4.64. The molecule has 0 radical (unpaired) electrons. The molecule has 1 saturated heterocycles. The van der Waals surface area contributed by atoms with Gasteiger partial charge in [-0.15, -0.1) is 0 Å². The van der Waals surface area contributed by atoms with E-state index in [1.807, 2.05) is 13.0 Å². The summed E-state index contributed by atoms with van der Waals surface area (Å²) in [6.45, 7) is 3.51. The molecule has 2 aliphatic rings. The van der Waals surface area contributed by atoms with Crippen LogP contribution in [-0.4, -0.2) is 43.3 Å². The van der Waals surface area contributed by atoms with E-state index in [-0.39, 0.29) is 18.2 Å². The molecule has 4 rings (SSSR count). The molecule has 32 heavy (non-hydrogen) atoms. The van der Waals surface area contributed by atoms with Crippen LogP contribution in [0.5, 0.6) is 11.5 Å². The number of anilines is 2. The molecule has 2 aromatic carbocycles. The molecule has 0 bridgehead atoms. The Bertz CT molecular complexity index is 1090. The second-order valence-electron chi connectivity index (χ2n) is 8.27. The Morgan fingerprint density at radius 3 is 2.69 bits per heavy atom. The number of carbonyl (C=O) groups excluding carboxylic acids is 2. The summed E-state index contributed by atoms with van der Waals surface area (Å²) in [7, 11) is 3.04. The van der Waals surface area contributed by atoms with Crippen molar-refractivity contribution in [2.75, 3.05) is 24.9 Å². The lowest BCUT2D eigenvalue weighted by molar-refractivity contribution is -0.130. The molecule has 0 aliphatic carbocycles. The highest BCUT2D eigenvalue weighted by Gasteiger charge is 2.61. The lowest BCUT2D eigenvalue weighted by Gasteiger charge is -2.30. The quantitative estimate of drug-likeness (QED) is 0.547. The molecule has 1 spiro atoms. The zero-order valence-electron chi connectivity index (χ0n) is 18.3. The molecule has 1 unspecified atom stereocenters. The van der Waals surface area contributed by atoms with E-state index in [0.29, 0.717) is 33.5 Å². The van der Waals surface area contributed by atoms with Gasteiger partial charge in [0.25, 0.3) is 0 Å². The molecular weight excluding hydrogens is 434 g/mol. The lowest BCUT2D eigenvalue weighted by atomic mass is 9.79. The minimum atomic E-state index is -1.36. The van der Waals surface area contributed by atoms with Gasteiger partial charge in [0.2, 0.25) is 11.8 Å². The molecule has 2 amide bonds. The molecule has 170 valence electrons. The molecule has 2 aliphatic heterocycles. The fourth-order valence-corrected chi connectivity index (χ4v) is 4.96. The summed E-state index contributed by atoms with van der Waals surface area (Å²) >= 11 is 6.41. The number of carbonyl (C=O) groups is 2. The minimum absolute atomic E-state index is 0.258. The summed E-state index contributed by atoms with van der Waals surface area (Å²) < 4.78 is 10.6. The van der Waals surface area contributed by atoms with Gasteiger partial charge in [-0.1, -0.05) is 17.7 Å². The second-order valence-corrected chi connectivity index (χ2v) is 8.67. The second kappa shape index (κ2) is 8.27. The molecule has 0 saturated carbocycles. The van der Waals surface area contributed by atoms with Gasteiger partial charge in [-0.2, -0.15) is 0 Å². The number of aliphatic hydroxyl groups is 1. The van der Waals surface area contributed by atoms with Gasteiger partial charge >= 0.3 is 0 Å². The van der Waals surface area contributed by atoms with Crippen molar-refractivity contribution >= 4 is 34.8 Å². The highest BCUT2D eigenvalue weighted by Crippen LogP contribution is 2.50. The summed E-state index contributed by atoms with van der Waals surface area (Å²) in [5.74, 6) is -0.555. The summed E-state index contributed by atoms with van der Waals surface area (Å²) in [6, 6.07) is 8.22. The van der Waals surface area contributed by atoms with E-state index in [0.717, 1.165) is 5.56 Å². The largest absolute Gasteiger partial charge is 0.497 e. The van der Waals surface area contributed by atoms with Crippen molar-refractivity contribution in [1.29, 1.82) is 0 Å². The van der Waals surface area contributed by atoms with Crippen LogP contribution in [0, 0.1) is 12.8 Å². The Hall–Kier alpha value is -2.81. The maximum absolute atomic E-state index is 13.6. The van der Waals surface area contributed by atoms with Gasteiger partial charge in [-0.3, -0.25) is 14.9 Å². The van der Waals surface area contributed by atoms with Crippen LogP contribution in [0.2, 0.25) is 5.02 Å². The number of amides is 2. The fraction of sp³-hybridized carbons (Fsp3) is 0.391. The van der Waals surface area contributed by atoms with E-state index < -0.39 is 23.6 Å². The molecule has 0 aromatic heterocycles. The van der Waals surface area contributed by atoms with Crippen molar-refractivity contribution in [1.82, 2.24) is 5.32 Å². The van der Waals surface area contributed by atoms with Gasteiger partial charge < -0.3 is 25.2 Å². The highest BCUT2D eigenvalue weighted by molar-refractivity contribution is 6.35. The van der Waals surface area contributed by atoms with Crippen LogP contribution in [0.3, 0.4) is 0 Å². The van der Waals surface area contributed by atoms with E-state index in [9.17, 15) is 14.7 Å². The number of aryl methyl sites for hydroxylation is 1. The zero-order chi connectivity index (χ0) is 23.2. The SMILES string of the molecule is COc1ccc(OC)c(NC(=O)[C@H]2C[C@H](C(C)O)N[C@]23C(=O)Nc2c(Cl)cc(C)cc23)c1. The predicted octanol–water partition coefficient (Wildman–Crippen LogP) is 2.81. The third-order valence-corrected chi connectivity index (χ3v) is 6.54. The normalized spacial score (nSPS) is 24.8. The number of hydrogen-bond donors (Lipinski definition) is 4. The van der Waals surface area contributed by atoms with Gasteiger partial charge in [-0.05, 0) is 44.0 Å². The van der Waals surface area contributed by atoms with Crippen LogP contribution in [0.1, 0.15) is 24.5 Å². The Kier molecular flexibility index (Phi) is 5.79. The maximum Gasteiger partial charge on any atom is 0.250 e. The minimum Gasteiger partial charge on any atom is -0.497 e. The molecule has 8 nitrogen and oxygen atoms in total. The number of hydrogen-bond acceptors (Lipinski definition) is 6. The number of aliphatic hydroxyl groups excluding tert-OH is 1. The van der Waals surface area contributed by atoms with Crippen molar-refractivity contribution in [2.45, 2.75) is 38.0 Å². The number of nitrogens with one attached hydrogen (secondary N) is 3.